The fourth-order valence-electron chi connectivity index (χ4n) is 2.75. The lowest BCUT2D eigenvalue weighted by Crippen LogP contribution is -2.19. The molecule has 4 rings (SSSR count). The van der Waals surface area contributed by atoms with Crippen LogP contribution in [0, 0.1) is 6.92 Å². The van der Waals surface area contributed by atoms with Crippen molar-refractivity contribution in [3.05, 3.63) is 47.9 Å². The Morgan fingerprint density at radius 1 is 1.25 bits per heavy atom. The van der Waals surface area contributed by atoms with Crippen molar-refractivity contribution >= 4 is 0 Å². The molecule has 7 heteroatoms. The van der Waals surface area contributed by atoms with Crippen molar-refractivity contribution in [1.82, 2.24) is 25.3 Å². The normalized spacial score (nSPS) is 12.7. The minimum atomic E-state index is 0.281. The monoisotopic (exact) mass is 325 g/mol. The second kappa shape index (κ2) is 6.37. The Labute approximate surface area is 139 Å². The zero-order valence-corrected chi connectivity index (χ0v) is 13.5. The molecule has 2 aromatic heterocycles. The maximum Gasteiger partial charge on any atom is 0.231 e. The molecular weight excluding hydrogens is 306 g/mol. The van der Waals surface area contributed by atoms with Crippen LogP contribution in [0.3, 0.4) is 0 Å². The number of H-pyrrole nitrogens is 1. The molecule has 0 bridgehead atoms. The summed E-state index contributed by atoms with van der Waals surface area (Å²) in [5.74, 6) is 1.56. The van der Waals surface area contributed by atoms with Gasteiger partial charge in [0.2, 0.25) is 6.79 Å². The number of nitrogens with zero attached hydrogens (tertiary/aromatic N) is 3. The Morgan fingerprint density at radius 2 is 2.17 bits per heavy atom. The standard InChI is InChI=1S/C17H19N5O2/c1-12-7-20-22(10-12)5-4-18-8-14-9-19-21-17(14)13-2-3-15-16(6-13)24-11-23-15/h2-3,6-7,9-10,18H,4-5,8,11H2,1H3,(H,19,21). The van der Waals surface area contributed by atoms with Gasteiger partial charge < -0.3 is 14.8 Å². The first-order valence-electron chi connectivity index (χ1n) is 7.91. The Kier molecular flexibility index (Phi) is 3.92. The highest BCUT2D eigenvalue weighted by Crippen LogP contribution is 2.36. The SMILES string of the molecule is Cc1cnn(CCNCc2cn[nH]c2-c2ccc3c(c2)OCO3)c1. The second-order valence-corrected chi connectivity index (χ2v) is 5.80. The second-order valence-electron chi connectivity index (χ2n) is 5.80. The van der Waals surface area contributed by atoms with Gasteiger partial charge in [-0.3, -0.25) is 9.78 Å². The van der Waals surface area contributed by atoms with Crippen LogP contribution in [0.5, 0.6) is 11.5 Å². The summed E-state index contributed by atoms with van der Waals surface area (Å²) in [5, 5.41) is 15.0. The van der Waals surface area contributed by atoms with E-state index in [0.29, 0.717) is 0 Å². The van der Waals surface area contributed by atoms with Crippen molar-refractivity contribution in [2.45, 2.75) is 20.0 Å². The van der Waals surface area contributed by atoms with Gasteiger partial charge in [-0.2, -0.15) is 10.2 Å². The minimum Gasteiger partial charge on any atom is -0.454 e. The molecule has 0 unspecified atom stereocenters. The number of aromatic amines is 1. The summed E-state index contributed by atoms with van der Waals surface area (Å²) >= 11 is 0. The Morgan fingerprint density at radius 3 is 3.04 bits per heavy atom. The molecule has 24 heavy (non-hydrogen) atoms. The lowest BCUT2D eigenvalue weighted by Gasteiger charge is -2.07. The number of aromatic nitrogens is 4. The third-order valence-corrected chi connectivity index (χ3v) is 3.97. The van der Waals surface area contributed by atoms with Gasteiger partial charge in [0, 0.05) is 30.4 Å². The van der Waals surface area contributed by atoms with Gasteiger partial charge >= 0.3 is 0 Å². The molecular formula is C17H19N5O2. The number of nitrogens with one attached hydrogen (secondary N) is 2. The van der Waals surface area contributed by atoms with Gasteiger partial charge in [0.25, 0.3) is 0 Å². The van der Waals surface area contributed by atoms with Crippen LogP contribution < -0.4 is 14.8 Å². The van der Waals surface area contributed by atoms with E-state index in [9.17, 15) is 0 Å². The van der Waals surface area contributed by atoms with E-state index < -0.39 is 0 Å². The smallest absolute Gasteiger partial charge is 0.231 e. The Hall–Kier alpha value is -2.80. The van der Waals surface area contributed by atoms with E-state index in [2.05, 4.69) is 20.6 Å². The van der Waals surface area contributed by atoms with E-state index >= 15 is 0 Å². The lowest BCUT2D eigenvalue weighted by molar-refractivity contribution is 0.174. The van der Waals surface area contributed by atoms with E-state index in [-0.39, 0.29) is 6.79 Å². The molecule has 0 atom stereocenters. The average Bonchev–Trinajstić information content (AvgIpc) is 3.31. The summed E-state index contributed by atoms with van der Waals surface area (Å²) in [6.45, 7) is 4.74. The van der Waals surface area contributed by atoms with Crippen molar-refractivity contribution in [3.63, 3.8) is 0 Å². The molecule has 3 heterocycles. The van der Waals surface area contributed by atoms with Crippen LogP contribution in [0.15, 0.2) is 36.8 Å². The van der Waals surface area contributed by atoms with Crippen molar-refractivity contribution in [1.29, 1.82) is 0 Å². The van der Waals surface area contributed by atoms with Gasteiger partial charge in [0.05, 0.1) is 24.6 Å². The van der Waals surface area contributed by atoms with Crippen LogP contribution in [-0.4, -0.2) is 33.3 Å². The zero-order valence-electron chi connectivity index (χ0n) is 13.5. The summed E-state index contributed by atoms with van der Waals surface area (Å²) in [5.41, 5.74) is 4.33. The predicted molar refractivity (Wildman–Crippen MR) is 88.8 cm³/mol. The van der Waals surface area contributed by atoms with Crippen LogP contribution in [0.4, 0.5) is 0 Å². The minimum absolute atomic E-state index is 0.281. The quantitative estimate of drug-likeness (QED) is 0.679. The van der Waals surface area contributed by atoms with Gasteiger partial charge in [0.15, 0.2) is 11.5 Å². The Balaban J connectivity index is 1.39. The molecule has 1 aliphatic rings. The summed E-state index contributed by atoms with van der Waals surface area (Å²) in [6, 6.07) is 5.92. The molecule has 0 spiro atoms. The third kappa shape index (κ3) is 2.98. The van der Waals surface area contributed by atoms with Gasteiger partial charge in [0.1, 0.15) is 0 Å². The van der Waals surface area contributed by atoms with Crippen molar-refractivity contribution in [2.75, 3.05) is 13.3 Å². The van der Waals surface area contributed by atoms with Crippen LogP contribution in [-0.2, 0) is 13.1 Å². The van der Waals surface area contributed by atoms with Crippen LogP contribution in [0.1, 0.15) is 11.1 Å². The molecule has 124 valence electrons. The van der Waals surface area contributed by atoms with Gasteiger partial charge in [-0.05, 0) is 30.7 Å². The van der Waals surface area contributed by atoms with Crippen molar-refractivity contribution < 1.29 is 9.47 Å². The van der Waals surface area contributed by atoms with E-state index in [1.54, 1.807) is 0 Å². The van der Waals surface area contributed by atoms with Crippen LogP contribution in [0.2, 0.25) is 0 Å². The molecule has 7 nitrogen and oxygen atoms in total. The highest BCUT2D eigenvalue weighted by Gasteiger charge is 2.16. The van der Waals surface area contributed by atoms with Crippen molar-refractivity contribution in [2.24, 2.45) is 0 Å². The maximum absolute atomic E-state index is 5.44. The van der Waals surface area contributed by atoms with Gasteiger partial charge in [-0.15, -0.1) is 0 Å². The van der Waals surface area contributed by atoms with Gasteiger partial charge in [-0.1, -0.05) is 0 Å². The molecule has 1 aromatic carbocycles. The van der Waals surface area contributed by atoms with Gasteiger partial charge in [-0.25, -0.2) is 0 Å². The maximum atomic E-state index is 5.44. The Bertz CT molecular complexity index is 839. The van der Waals surface area contributed by atoms with E-state index in [4.69, 9.17) is 9.47 Å². The fraction of sp³-hybridized carbons (Fsp3) is 0.294. The number of aryl methyl sites for hydroxylation is 1. The third-order valence-electron chi connectivity index (χ3n) is 3.97. The molecule has 0 amide bonds. The van der Waals surface area contributed by atoms with E-state index in [0.717, 1.165) is 48.0 Å². The number of fused-ring (bicyclic) bond motifs is 1. The van der Waals surface area contributed by atoms with Crippen LogP contribution in [0.25, 0.3) is 11.3 Å². The molecule has 3 aromatic rings. The van der Waals surface area contributed by atoms with Crippen LogP contribution >= 0.6 is 0 Å². The summed E-state index contributed by atoms with van der Waals surface area (Å²) in [4.78, 5) is 0. The fourth-order valence-corrected chi connectivity index (χ4v) is 2.75. The molecule has 0 saturated carbocycles. The molecule has 0 aliphatic carbocycles. The number of hydrogen-bond donors (Lipinski definition) is 2. The van der Waals surface area contributed by atoms with E-state index in [1.807, 2.05) is 48.4 Å². The highest BCUT2D eigenvalue weighted by atomic mass is 16.7. The first kappa shape index (κ1) is 14.8. The van der Waals surface area contributed by atoms with E-state index in [1.165, 1.54) is 5.56 Å². The molecule has 0 fully saturated rings. The molecule has 2 N–H and O–H groups in total. The number of rotatable bonds is 6. The van der Waals surface area contributed by atoms with Crippen molar-refractivity contribution in [3.8, 4) is 22.8 Å². The summed E-state index contributed by atoms with van der Waals surface area (Å²) in [7, 11) is 0. The predicted octanol–water partition coefficient (Wildman–Crippen LogP) is 2.10. The molecule has 1 aliphatic heterocycles. The molecule has 0 saturated heterocycles. The zero-order chi connectivity index (χ0) is 16.4. The average molecular weight is 325 g/mol. The first-order valence-corrected chi connectivity index (χ1v) is 7.91. The summed E-state index contributed by atoms with van der Waals surface area (Å²) in [6.07, 6.45) is 5.76. The summed E-state index contributed by atoms with van der Waals surface area (Å²) < 4.78 is 12.7. The number of hydrogen-bond acceptors (Lipinski definition) is 5. The molecule has 0 radical (unpaired) electrons. The first-order chi connectivity index (χ1) is 11.8. The lowest BCUT2D eigenvalue weighted by atomic mass is 10.1. The number of ether oxygens (including phenoxy) is 2. The number of benzene rings is 1. The topological polar surface area (TPSA) is 77.0 Å². The highest BCUT2D eigenvalue weighted by molar-refractivity contribution is 5.66. The largest absolute Gasteiger partial charge is 0.454 e.